The van der Waals surface area contributed by atoms with E-state index < -0.39 is 0 Å². The standard InChI is InChI=1S/C7H12O2.C7H8/c1-5(2)6-3-7(8)9-4-6;1-7-5-3-2-4-6-7/h5-6H,3-4H2,1-2H3;2-6H,1H3. The number of rotatable bonds is 1. The molecule has 1 aliphatic heterocycles. The highest BCUT2D eigenvalue weighted by atomic mass is 16.5. The van der Waals surface area contributed by atoms with Crippen LogP contribution in [0, 0.1) is 18.8 Å². The quantitative estimate of drug-likeness (QED) is 0.679. The maximum atomic E-state index is 10.5. The summed E-state index contributed by atoms with van der Waals surface area (Å²) < 4.78 is 4.79. The number of benzene rings is 1. The first-order valence-corrected chi connectivity index (χ1v) is 5.77. The lowest BCUT2D eigenvalue weighted by molar-refractivity contribution is -0.137. The average Bonchev–Trinajstić information content (AvgIpc) is 2.67. The zero-order valence-electron chi connectivity index (χ0n) is 10.3. The third-order valence-electron chi connectivity index (χ3n) is 2.77. The van der Waals surface area contributed by atoms with Gasteiger partial charge in [0.1, 0.15) is 0 Å². The van der Waals surface area contributed by atoms with Crippen molar-refractivity contribution in [1.82, 2.24) is 0 Å². The van der Waals surface area contributed by atoms with Crippen LogP contribution >= 0.6 is 0 Å². The van der Waals surface area contributed by atoms with Gasteiger partial charge in [-0.15, -0.1) is 0 Å². The van der Waals surface area contributed by atoms with Crippen molar-refractivity contribution in [2.75, 3.05) is 6.61 Å². The van der Waals surface area contributed by atoms with Crippen LogP contribution in [-0.4, -0.2) is 12.6 Å². The van der Waals surface area contributed by atoms with Crippen LogP contribution in [0.15, 0.2) is 30.3 Å². The number of hydrogen-bond acceptors (Lipinski definition) is 2. The fraction of sp³-hybridized carbons (Fsp3) is 0.500. The molecule has 0 N–H and O–H groups in total. The summed E-state index contributed by atoms with van der Waals surface area (Å²) in [4.78, 5) is 10.5. The third kappa shape index (κ3) is 4.47. The largest absolute Gasteiger partial charge is 0.465 e. The molecule has 0 aliphatic carbocycles. The molecule has 16 heavy (non-hydrogen) atoms. The molecule has 2 rings (SSSR count). The van der Waals surface area contributed by atoms with Gasteiger partial charge < -0.3 is 4.74 Å². The van der Waals surface area contributed by atoms with E-state index in [1.165, 1.54) is 5.56 Å². The molecule has 0 aromatic heterocycles. The summed E-state index contributed by atoms with van der Waals surface area (Å²) in [7, 11) is 0. The molecule has 0 bridgehead atoms. The molecule has 0 radical (unpaired) electrons. The van der Waals surface area contributed by atoms with Crippen LogP contribution < -0.4 is 0 Å². The van der Waals surface area contributed by atoms with Crippen LogP contribution in [0.1, 0.15) is 25.8 Å². The number of esters is 1. The van der Waals surface area contributed by atoms with Crippen molar-refractivity contribution >= 4 is 5.97 Å². The van der Waals surface area contributed by atoms with Gasteiger partial charge in [0.05, 0.1) is 13.0 Å². The Kier molecular flexibility index (Phi) is 5.03. The number of carbonyl (C=O) groups excluding carboxylic acids is 1. The summed E-state index contributed by atoms with van der Waals surface area (Å²) in [5.41, 5.74) is 1.32. The minimum absolute atomic E-state index is 0.0336. The first-order chi connectivity index (χ1) is 7.59. The normalized spacial score (nSPS) is 19.0. The molecule has 1 aromatic carbocycles. The first-order valence-electron chi connectivity index (χ1n) is 5.77. The monoisotopic (exact) mass is 220 g/mol. The minimum atomic E-state index is -0.0336. The van der Waals surface area contributed by atoms with Gasteiger partial charge in [-0.1, -0.05) is 49.7 Å². The van der Waals surface area contributed by atoms with Crippen molar-refractivity contribution in [2.45, 2.75) is 27.2 Å². The van der Waals surface area contributed by atoms with E-state index in [-0.39, 0.29) is 5.97 Å². The molecule has 1 saturated heterocycles. The molecule has 0 amide bonds. The topological polar surface area (TPSA) is 26.3 Å². The second kappa shape index (κ2) is 6.31. The highest BCUT2D eigenvalue weighted by Gasteiger charge is 2.25. The predicted molar refractivity (Wildman–Crippen MR) is 65.1 cm³/mol. The van der Waals surface area contributed by atoms with Crippen LogP contribution in [0.3, 0.4) is 0 Å². The van der Waals surface area contributed by atoms with Gasteiger partial charge in [0, 0.05) is 5.92 Å². The number of ether oxygens (including phenoxy) is 1. The number of hydrogen-bond donors (Lipinski definition) is 0. The first kappa shape index (κ1) is 12.8. The fourth-order valence-electron chi connectivity index (χ4n) is 1.49. The predicted octanol–water partition coefficient (Wildman–Crippen LogP) is 3.20. The Hall–Kier alpha value is -1.31. The highest BCUT2D eigenvalue weighted by molar-refractivity contribution is 5.71. The van der Waals surface area contributed by atoms with Crippen molar-refractivity contribution in [3.63, 3.8) is 0 Å². The zero-order valence-corrected chi connectivity index (χ0v) is 10.3. The average molecular weight is 220 g/mol. The van der Waals surface area contributed by atoms with Gasteiger partial charge in [0.2, 0.25) is 0 Å². The lowest BCUT2D eigenvalue weighted by atomic mass is 9.95. The van der Waals surface area contributed by atoms with E-state index in [4.69, 9.17) is 4.74 Å². The molecule has 1 heterocycles. The molecule has 0 spiro atoms. The molecule has 88 valence electrons. The Labute approximate surface area is 97.6 Å². The Morgan fingerprint density at radius 1 is 1.25 bits per heavy atom. The van der Waals surface area contributed by atoms with E-state index in [2.05, 4.69) is 32.9 Å². The van der Waals surface area contributed by atoms with Crippen molar-refractivity contribution in [1.29, 1.82) is 0 Å². The fourth-order valence-corrected chi connectivity index (χ4v) is 1.49. The summed E-state index contributed by atoms with van der Waals surface area (Å²) in [6.45, 7) is 6.95. The van der Waals surface area contributed by atoms with Gasteiger partial charge in [-0.3, -0.25) is 4.79 Å². The molecular formula is C14H20O2. The zero-order chi connectivity index (χ0) is 12.0. The van der Waals surface area contributed by atoms with E-state index in [1.54, 1.807) is 0 Å². The van der Waals surface area contributed by atoms with Crippen molar-refractivity contribution in [3.05, 3.63) is 35.9 Å². The van der Waals surface area contributed by atoms with E-state index in [1.807, 2.05) is 18.2 Å². The van der Waals surface area contributed by atoms with Gasteiger partial charge in [0.25, 0.3) is 0 Å². The Bertz CT molecular complexity index is 317. The molecule has 0 saturated carbocycles. The van der Waals surface area contributed by atoms with Gasteiger partial charge in [-0.25, -0.2) is 0 Å². The van der Waals surface area contributed by atoms with Crippen LogP contribution in [0.4, 0.5) is 0 Å². The van der Waals surface area contributed by atoms with Gasteiger partial charge in [-0.2, -0.15) is 0 Å². The molecule has 1 unspecified atom stereocenters. The van der Waals surface area contributed by atoms with Crippen LogP contribution in [0.5, 0.6) is 0 Å². The second-order valence-corrected chi connectivity index (χ2v) is 4.55. The van der Waals surface area contributed by atoms with Crippen molar-refractivity contribution < 1.29 is 9.53 Å². The summed E-state index contributed by atoms with van der Waals surface area (Å²) in [5, 5.41) is 0. The Morgan fingerprint density at radius 2 is 1.88 bits per heavy atom. The summed E-state index contributed by atoms with van der Waals surface area (Å²) >= 11 is 0. The maximum Gasteiger partial charge on any atom is 0.306 e. The van der Waals surface area contributed by atoms with E-state index in [0.29, 0.717) is 24.9 Å². The number of carbonyl (C=O) groups is 1. The molecule has 1 fully saturated rings. The summed E-state index contributed by atoms with van der Waals surface area (Å²) in [5.74, 6) is 1.02. The molecule has 1 atom stereocenters. The SMILES string of the molecule is CC(C)C1COC(=O)C1.Cc1ccccc1. The Balaban J connectivity index is 0.000000165. The molecule has 1 aliphatic rings. The smallest absolute Gasteiger partial charge is 0.306 e. The molecule has 2 heteroatoms. The van der Waals surface area contributed by atoms with Crippen LogP contribution in [-0.2, 0) is 9.53 Å². The van der Waals surface area contributed by atoms with Gasteiger partial charge in [0.15, 0.2) is 0 Å². The highest BCUT2D eigenvalue weighted by Crippen LogP contribution is 2.21. The second-order valence-electron chi connectivity index (χ2n) is 4.55. The minimum Gasteiger partial charge on any atom is -0.465 e. The van der Waals surface area contributed by atoms with E-state index in [9.17, 15) is 4.79 Å². The third-order valence-corrected chi connectivity index (χ3v) is 2.77. The van der Waals surface area contributed by atoms with E-state index >= 15 is 0 Å². The van der Waals surface area contributed by atoms with Crippen LogP contribution in [0.2, 0.25) is 0 Å². The van der Waals surface area contributed by atoms with Crippen molar-refractivity contribution in [3.8, 4) is 0 Å². The summed E-state index contributed by atoms with van der Waals surface area (Å²) in [6, 6.07) is 10.3. The lowest BCUT2D eigenvalue weighted by Gasteiger charge is -2.07. The van der Waals surface area contributed by atoms with Gasteiger partial charge in [-0.05, 0) is 12.8 Å². The number of aryl methyl sites for hydroxylation is 1. The molecule has 1 aromatic rings. The molecule has 2 nitrogen and oxygen atoms in total. The maximum absolute atomic E-state index is 10.5. The van der Waals surface area contributed by atoms with Crippen LogP contribution in [0.25, 0.3) is 0 Å². The Morgan fingerprint density at radius 3 is 2.12 bits per heavy atom. The number of cyclic esters (lactones) is 1. The molecular weight excluding hydrogens is 200 g/mol. The van der Waals surface area contributed by atoms with E-state index in [0.717, 1.165) is 0 Å². The van der Waals surface area contributed by atoms with Gasteiger partial charge >= 0.3 is 5.97 Å². The summed E-state index contributed by atoms with van der Waals surface area (Å²) in [6.07, 6.45) is 0.623. The van der Waals surface area contributed by atoms with Crippen molar-refractivity contribution in [2.24, 2.45) is 11.8 Å². The lowest BCUT2D eigenvalue weighted by Crippen LogP contribution is -2.07.